The first-order chi connectivity index (χ1) is 18.1. The molecule has 0 radical (unpaired) electrons. The van der Waals surface area contributed by atoms with Gasteiger partial charge in [0, 0.05) is 24.7 Å². The average molecular weight is 529 g/mol. The third kappa shape index (κ3) is 8.58. The Labute approximate surface area is 221 Å². The number of aliphatic carboxylic acids is 1. The SMILES string of the molecule is CC(C)CC(NC(=O)C(Cc1cnc[nH]1)NC(=O)C(Cc1ccc(O)cc1)NC(=O)C1CCCN1)C(=O)O. The van der Waals surface area contributed by atoms with Crippen LogP contribution in [0.2, 0.25) is 0 Å². The van der Waals surface area contributed by atoms with Crippen LogP contribution in [0.25, 0.3) is 0 Å². The van der Waals surface area contributed by atoms with Crippen molar-refractivity contribution in [3.63, 3.8) is 0 Å². The smallest absolute Gasteiger partial charge is 0.326 e. The van der Waals surface area contributed by atoms with Crippen molar-refractivity contribution >= 4 is 23.7 Å². The van der Waals surface area contributed by atoms with Gasteiger partial charge in [-0.25, -0.2) is 9.78 Å². The number of imidazole rings is 1. The van der Waals surface area contributed by atoms with E-state index in [2.05, 4.69) is 31.2 Å². The first-order valence-electron chi connectivity index (χ1n) is 12.7. The van der Waals surface area contributed by atoms with Crippen LogP contribution < -0.4 is 21.3 Å². The number of benzene rings is 1. The van der Waals surface area contributed by atoms with E-state index in [0.29, 0.717) is 24.2 Å². The van der Waals surface area contributed by atoms with Gasteiger partial charge in [0.2, 0.25) is 17.7 Å². The number of hydrogen-bond acceptors (Lipinski definition) is 7. The summed E-state index contributed by atoms with van der Waals surface area (Å²) in [5, 5.41) is 30.3. The Morgan fingerprint density at radius 3 is 2.21 bits per heavy atom. The molecule has 4 atom stereocenters. The Kier molecular flexibility index (Phi) is 10.2. The molecule has 12 heteroatoms. The van der Waals surface area contributed by atoms with Gasteiger partial charge in [-0.05, 0) is 49.4 Å². The van der Waals surface area contributed by atoms with Crippen molar-refractivity contribution in [2.75, 3.05) is 6.54 Å². The number of phenolic OH excluding ortho intramolecular Hbond substituents is 1. The van der Waals surface area contributed by atoms with Crippen LogP contribution in [-0.4, -0.2) is 74.6 Å². The zero-order valence-electron chi connectivity index (χ0n) is 21.6. The van der Waals surface area contributed by atoms with Gasteiger partial charge >= 0.3 is 5.97 Å². The third-order valence-electron chi connectivity index (χ3n) is 6.32. The van der Waals surface area contributed by atoms with Crippen LogP contribution >= 0.6 is 0 Å². The minimum Gasteiger partial charge on any atom is -0.508 e. The van der Waals surface area contributed by atoms with Crippen molar-refractivity contribution in [1.29, 1.82) is 0 Å². The number of phenols is 1. The highest BCUT2D eigenvalue weighted by Crippen LogP contribution is 2.13. The highest BCUT2D eigenvalue weighted by atomic mass is 16.4. The molecule has 12 nitrogen and oxygen atoms in total. The summed E-state index contributed by atoms with van der Waals surface area (Å²) in [6.45, 7) is 4.41. The van der Waals surface area contributed by atoms with Crippen LogP contribution in [0.5, 0.6) is 5.75 Å². The molecule has 1 aromatic carbocycles. The van der Waals surface area contributed by atoms with E-state index in [1.54, 1.807) is 12.1 Å². The molecular weight excluding hydrogens is 492 g/mol. The minimum absolute atomic E-state index is 0.0196. The van der Waals surface area contributed by atoms with Crippen LogP contribution in [0.1, 0.15) is 44.4 Å². The summed E-state index contributed by atoms with van der Waals surface area (Å²) < 4.78 is 0. The molecule has 1 aliphatic heterocycles. The maximum atomic E-state index is 13.5. The standard InChI is InChI=1S/C26H36N6O6/c1-15(2)10-22(26(37)38)32-25(36)21(12-17-13-27-14-29-17)31-24(35)20(11-16-5-7-18(33)8-6-16)30-23(34)19-4-3-9-28-19/h5-8,13-15,19-22,28,33H,3-4,9-12H2,1-2H3,(H,27,29)(H,30,34)(H,31,35)(H,32,36)(H,37,38). The van der Waals surface area contributed by atoms with Gasteiger partial charge in [-0.1, -0.05) is 26.0 Å². The van der Waals surface area contributed by atoms with Gasteiger partial charge in [0.1, 0.15) is 23.9 Å². The second kappa shape index (κ2) is 13.6. The lowest BCUT2D eigenvalue weighted by Gasteiger charge is -2.25. The first-order valence-corrected chi connectivity index (χ1v) is 12.7. The van der Waals surface area contributed by atoms with E-state index in [4.69, 9.17) is 0 Å². The van der Waals surface area contributed by atoms with Gasteiger partial charge in [0.25, 0.3) is 0 Å². The summed E-state index contributed by atoms with van der Waals surface area (Å²) in [7, 11) is 0. The fourth-order valence-electron chi connectivity index (χ4n) is 4.32. The Hall–Kier alpha value is -3.93. The summed E-state index contributed by atoms with van der Waals surface area (Å²) in [5.41, 5.74) is 1.26. The van der Waals surface area contributed by atoms with Crippen molar-refractivity contribution in [1.82, 2.24) is 31.2 Å². The number of nitrogens with one attached hydrogen (secondary N) is 5. The number of aromatic amines is 1. The minimum atomic E-state index is -1.17. The molecule has 0 spiro atoms. The van der Waals surface area contributed by atoms with Gasteiger partial charge in [-0.3, -0.25) is 14.4 Å². The van der Waals surface area contributed by atoms with Crippen LogP contribution in [0, 0.1) is 5.92 Å². The van der Waals surface area contributed by atoms with Crippen molar-refractivity contribution < 1.29 is 29.4 Å². The summed E-state index contributed by atoms with van der Waals surface area (Å²) in [6.07, 6.45) is 4.82. The number of H-pyrrole nitrogens is 1. The molecule has 1 aliphatic rings. The predicted molar refractivity (Wildman–Crippen MR) is 138 cm³/mol. The number of carbonyl (C=O) groups excluding carboxylic acids is 3. The van der Waals surface area contributed by atoms with Crippen LogP contribution in [0.15, 0.2) is 36.8 Å². The number of aromatic nitrogens is 2. The monoisotopic (exact) mass is 528 g/mol. The molecule has 1 aromatic heterocycles. The number of carbonyl (C=O) groups is 4. The molecule has 0 aliphatic carbocycles. The lowest BCUT2D eigenvalue weighted by molar-refractivity contribution is -0.142. The topological polar surface area (TPSA) is 186 Å². The average Bonchev–Trinajstić information content (AvgIpc) is 3.58. The van der Waals surface area contributed by atoms with Crippen molar-refractivity contribution in [2.45, 2.75) is 70.1 Å². The number of aromatic hydroxyl groups is 1. The van der Waals surface area contributed by atoms with E-state index in [-0.39, 0.29) is 36.8 Å². The van der Waals surface area contributed by atoms with Crippen LogP contribution in [0.3, 0.4) is 0 Å². The molecule has 2 heterocycles. The van der Waals surface area contributed by atoms with Crippen LogP contribution in [0.4, 0.5) is 0 Å². The number of nitrogens with zero attached hydrogens (tertiary/aromatic N) is 1. The van der Waals surface area contributed by atoms with Gasteiger partial charge in [0.15, 0.2) is 0 Å². The molecule has 7 N–H and O–H groups in total. The molecule has 3 rings (SSSR count). The summed E-state index contributed by atoms with van der Waals surface area (Å²) in [6, 6.07) is 2.59. The van der Waals surface area contributed by atoms with Crippen LogP contribution in [-0.2, 0) is 32.0 Å². The Balaban J connectivity index is 1.79. The highest BCUT2D eigenvalue weighted by Gasteiger charge is 2.32. The molecular formula is C26H36N6O6. The summed E-state index contributed by atoms with van der Waals surface area (Å²) >= 11 is 0. The molecule has 2 aromatic rings. The second-order valence-electron chi connectivity index (χ2n) is 9.95. The van der Waals surface area contributed by atoms with Gasteiger partial charge in [0.05, 0.1) is 12.4 Å². The van der Waals surface area contributed by atoms with E-state index in [1.165, 1.54) is 24.7 Å². The lowest BCUT2D eigenvalue weighted by Crippen LogP contribution is -2.58. The maximum absolute atomic E-state index is 13.5. The lowest BCUT2D eigenvalue weighted by atomic mass is 10.0. The molecule has 0 bridgehead atoms. The Morgan fingerprint density at radius 1 is 1.00 bits per heavy atom. The summed E-state index contributed by atoms with van der Waals surface area (Å²) in [4.78, 5) is 58.1. The highest BCUT2D eigenvalue weighted by molar-refractivity contribution is 5.94. The third-order valence-corrected chi connectivity index (χ3v) is 6.32. The maximum Gasteiger partial charge on any atom is 0.326 e. The van der Waals surface area contributed by atoms with Gasteiger partial charge < -0.3 is 36.5 Å². The molecule has 206 valence electrons. The zero-order chi connectivity index (χ0) is 27.7. The predicted octanol–water partition coefficient (Wildman–Crippen LogP) is 0.238. The first kappa shape index (κ1) is 28.6. The van der Waals surface area contributed by atoms with Crippen molar-refractivity contribution in [3.05, 3.63) is 48.0 Å². The number of carboxylic acids is 1. The van der Waals surface area contributed by atoms with E-state index < -0.39 is 42.0 Å². The molecule has 0 saturated carbocycles. The van der Waals surface area contributed by atoms with E-state index in [1.807, 2.05) is 13.8 Å². The molecule has 38 heavy (non-hydrogen) atoms. The largest absolute Gasteiger partial charge is 0.508 e. The number of amides is 3. The van der Waals surface area contributed by atoms with E-state index >= 15 is 0 Å². The van der Waals surface area contributed by atoms with E-state index in [9.17, 15) is 29.4 Å². The molecule has 3 amide bonds. The Morgan fingerprint density at radius 2 is 1.66 bits per heavy atom. The molecule has 1 fully saturated rings. The number of rotatable bonds is 13. The molecule has 4 unspecified atom stereocenters. The number of carboxylic acid groups (broad SMARTS) is 1. The fraction of sp³-hybridized carbons (Fsp3) is 0.500. The van der Waals surface area contributed by atoms with Crippen molar-refractivity contribution in [3.8, 4) is 5.75 Å². The quantitative estimate of drug-likeness (QED) is 0.193. The summed E-state index contributed by atoms with van der Waals surface area (Å²) in [5.74, 6) is -2.65. The Bertz CT molecular complexity index is 1080. The zero-order valence-corrected chi connectivity index (χ0v) is 21.6. The second-order valence-corrected chi connectivity index (χ2v) is 9.95. The van der Waals surface area contributed by atoms with Gasteiger partial charge in [-0.15, -0.1) is 0 Å². The van der Waals surface area contributed by atoms with Crippen molar-refractivity contribution in [2.24, 2.45) is 5.92 Å². The number of hydrogen-bond donors (Lipinski definition) is 7. The van der Waals surface area contributed by atoms with Gasteiger partial charge in [-0.2, -0.15) is 0 Å². The molecule has 1 saturated heterocycles. The normalized spacial score (nSPS) is 17.4. The van der Waals surface area contributed by atoms with E-state index in [0.717, 1.165) is 6.42 Å². The fourth-order valence-corrected chi connectivity index (χ4v) is 4.32.